The zero-order valence-electron chi connectivity index (χ0n) is 12.3. The molecule has 6 nitrogen and oxygen atoms in total. The maximum absolute atomic E-state index is 9.49. The van der Waals surface area contributed by atoms with E-state index >= 15 is 0 Å². The van der Waals surface area contributed by atoms with Gasteiger partial charge >= 0.3 is 0 Å². The van der Waals surface area contributed by atoms with Crippen molar-refractivity contribution in [2.24, 2.45) is 0 Å². The summed E-state index contributed by atoms with van der Waals surface area (Å²) in [6.07, 6.45) is 0.298. The molecule has 6 heteroatoms. The van der Waals surface area contributed by atoms with Gasteiger partial charge in [-0.05, 0) is 20.8 Å². The SMILES string of the molecule is CCOC1(CO)CC(OCOCCOC)C(C)(C)O1. The van der Waals surface area contributed by atoms with Crippen LogP contribution in [0.5, 0.6) is 0 Å². The van der Waals surface area contributed by atoms with Crippen LogP contribution in [0.25, 0.3) is 0 Å². The number of ether oxygens (including phenoxy) is 5. The Bertz CT molecular complexity index is 258. The van der Waals surface area contributed by atoms with Crippen LogP contribution in [0.3, 0.4) is 0 Å². The quantitative estimate of drug-likeness (QED) is 0.499. The monoisotopic (exact) mass is 278 g/mol. The summed E-state index contributed by atoms with van der Waals surface area (Å²) in [4.78, 5) is 0. The van der Waals surface area contributed by atoms with Crippen LogP contribution >= 0.6 is 0 Å². The van der Waals surface area contributed by atoms with Crippen molar-refractivity contribution in [2.75, 3.05) is 40.3 Å². The molecule has 0 radical (unpaired) electrons. The van der Waals surface area contributed by atoms with E-state index in [9.17, 15) is 5.11 Å². The molecule has 1 N–H and O–H groups in total. The van der Waals surface area contributed by atoms with Gasteiger partial charge in [0.2, 0.25) is 0 Å². The van der Waals surface area contributed by atoms with Crippen molar-refractivity contribution < 1.29 is 28.8 Å². The van der Waals surface area contributed by atoms with Crippen molar-refractivity contribution in [1.82, 2.24) is 0 Å². The van der Waals surface area contributed by atoms with Crippen molar-refractivity contribution in [3.63, 3.8) is 0 Å². The number of rotatable bonds is 9. The molecule has 19 heavy (non-hydrogen) atoms. The summed E-state index contributed by atoms with van der Waals surface area (Å²) >= 11 is 0. The molecule has 114 valence electrons. The summed E-state index contributed by atoms with van der Waals surface area (Å²) in [7, 11) is 1.62. The summed E-state index contributed by atoms with van der Waals surface area (Å²) in [6.45, 7) is 7.20. The van der Waals surface area contributed by atoms with Gasteiger partial charge in [-0.1, -0.05) is 0 Å². The molecule has 1 fully saturated rings. The van der Waals surface area contributed by atoms with E-state index in [0.717, 1.165) is 0 Å². The second-order valence-electron chi connectivity index (χ2n) is 5.09. The molecular formula is C13H26O6. The normalized spacial score (nSPS) is 29.8. The molecule has 1 rings (SSSR count). The van der Waals surface area contributed by atoms with Gasteiger partial charge in [0.1, 0.15) is 6.79 Å². The van der Waals surface area contributed by atoms with Crippen LogP contribution in [0.4, 0.5) is 0 Å². The predicted octanol–water partition coefficient (Wildman–Crippen LogP) is 0.916. The van der Waals surface area contributed by atoms with Gasteiger partial charge in [0.05, 0.1) is 31.5 Å². The molecule has 2 unspecified atom stereocenters. The van der Waals surface area contributed by atoms with Crippen LogP contribution in [0.1, 0.15) is 27.2 Å². The number of aliphatic hydroxyl groups is 1. The van der Waals surface area contributed by atoms with Crippen molar-refractivity contribution in [3.8, 4) is 0 Å². The van der Waals surface area contributed by atoms with Gasteiger partial charge in [-0.3, -0.25) is 0 Å². The Morgan fingerprint density at radius 1 is 1.32 bits per heavy atom. The van der Waals surface area contributed by atoms with E-state index in [1.165, 1.54) is 0 Å². The lowest BCUT2D eigenvalue weighted by Gasteiger charge is -2.29. The Kier molecular flexibility index (Phi) is 6.65. The van der Waals surface area contributed by atoms with Crippen LogP contribution in [0.15, 0.2) is 0 Å². The fourth-order valence-corrected chi connectivity index (χ4v) is 2.20. The van der Waals surface area contributed by atoms with Crippen LogP contribution in [-0.4, -0.2) is 62.9 Å². The van der Waals surface area contributed by atoms with E-state index in [2.05, 4.69) is 0 Å². The summed E-state index contributed by atoms with van der Waals surface area (Å²) in [6, 6.07) is 0. The Hall–Kier alpha value is -0.240. The minimum absolute atomic E-state index is 0.175. The first-order valence-corrected chi connectivity index (χ1v) is 6.63. The van der Waals surface area contributed by atoms with Crippen molar-refractivity contribution >= 4 is 0 Å². The highest BCUT2D eigenvalue weighted by Crippen LogP contribution is 2.40. The fraction of sp³-hybridized carbons (Fsp3) is 1.00. The van der Waals surface area contributed by atoms with Crippen molar-refractivity contribution in [3.05, 3.63) is 0 Å². The molecule has 1 saturated heterocycles. The molecule has 1 aliphatic rings. The fourth-order valence-electron chi connectivity index (χ4n) is 2.20. The standard InChI is InChI=1S/C13H26O6/c1-5-18-13(9-14)8-11(12(2,3)19-13)17-10-16-7-6-15-4/h11,14H,5-10H2,1-4H3. The summed E-state index contributed by atoms with van der Waals surface area (Å²) in [5.41, 5.74) is -0.525. The van der Waals surface area contributed by atoms with E-state index < -0.39 is 11.4 Å². The first kappa shape index (κ1) is 16.8. The van der Waals surface area contributed by atoms with Crippen molar-refractivity contribution in [1.29, 1.82) is 0 Å². The van der Waals surface area contributed by atoms with Gasteiger partial charge in [0.15, 0.2) is 5.79 Å². The average Bonchev–Trinajstić information content (AvgIpc) is 2.61. The van der Waals surface area contributed by atoms with E-state index in [4.69, 9.17) is 23.7 Å². The molecule has 0 aliphatic carbocycles. The molecular weight excluding hydrogens is 252 g/mol. The highest BCUT2D eigenvalue weighted by atomic mass is 16.7. The van der Waals surface area contributed by atoms with Crippen molar-refractivity contribution in [2.45, 2.75) is 44.7 Å². The minimum atomic E-state index is -0.963. The third-order valence-corrected chi connectivity index (χ3v) is 3.15. The summed E-state index contributed by atoms with van der Waals surface area (Å²) < 4.78 is 27.2. The lowest BCUT2D eigenvalue weighted by molar-refractivity contribution is -0.261. The zero-order chi connectivity index (χ0) is 14.4. The average molecular weight is 278 g/mol. The Labute approximate surface area is 114 Å². The zero-order valence-corrected chi connectivity index (χ0v) is 12.3. The number of hydrogen-bond acceptors (Lipinski definition) is 6. The van der Waals surface area contributed by atoms with E-state index in [1.807, 2.05) is 20.8 Å². The molecule has 0 amide bonds. The number of aliphatic hydroxyl groups excluding tert-OH is 1. The first-order valence-electron chi connectivity index (χ1n) is 6.63. The molecule has 1 aliphatic heterocycles. The van der Waals surface area contributed by atoms with E-state index in [-0.39, 0.29) is 19.5 Å². The van der Waals surface area contributed by atoms with Gasteiger partial charge < -0.3 is 28.8 Å². The molecule has 1 heterocycles. The minimum Gasteiger partial charge on any atom is -0.391 e. The Balaban J connectivity index is 2.45. The molecule has 0 saturated carbocycles. The molecule has 0 spiro atoms. The van der Waals surface area contributed by atoms with E-state index in [0.29, 0.717) is 26.2 Å². The summed E-state index contributed by atoms with van der Waals surface area (Å²) in [5, 5.41) is 9.49. The van der Waals surface area contributed by atoms with Crippen LogP contribution in [0, 0.1) is 0 Å². The lowest BCUT2D eigenvalue weighted by atomic mass is 10.0. The second kappa shape index (κ2) is 7.52. The number of hydrogen-bond donors (Lipinski definition) is 1. The molecule has 2 atom stereocenters. The highest BCUT2D eigenvalue weighted by molar-refractivity contribution is 4.95. The first-order chi connectivity index (χ1) is 8.99. The molecule has 0 aromatic rings. The second-order valence-corrected chi connectivity index (χ2v) is 5.09. The van der Waals surface area contributed by atoms with Gasteiger partial charge in [-0.15, -0.1) is 0 Å². The Morgan fingerprint density at radius 2 is 2.05 bits per heavy atom. The van der Waals surface area contributed by atoms with Gasteiger partial charge in [0.25, 0.3) is 0 Å². The smallest absolute Gasteiger partial charge is 0.194 e. The maximum atomic E-state index is 9.49. The lowest BCUT2D eigenvalue weighted by Crippen LogP contribution is -2.39. The number of methoxy groups -OCH3 is 1. The van der Waals surface area contributed by atoms with Gasteiger partial charge in [0, 0.05) is 20.1 Å². The molecule has 0 aromatic carbocycles. The third kappa shape index (κ3) is 4.66. The van der Waals surface area contributed by atoms with Gasteiger partial charge in [-0.25, -0.2) is 0 Å². The van der Waals surface area contributed by atoms with E-state index in [1.54, 1.807) is 7.11 Å². The third-order valence-electron chi connectivity index (χ3n) is 3.15. The van der Waals surface area contributed by atoms with Crippen LogP contribution in [0.2, 0.25) is 0 Å². The highest BCUT2D eigenvalue weighted by Gasteiger charge is 2.52. The van der Waals surface area contributed by atoms with Crippen LogP contribution < -0.4 is 0 Å². The summed E-state index contributed by atoms with van der Waals surface area (Å²) in [5.74, 6) is -0.963. The largest absolute Gasteiger partial charge is 0.391 e. The van der Waals surface area contributed by atoms with Gasteiger partial charge in [-0.2, -0.15) is 0 Å². The maximum Gasteiger partial charge on any atom is 0.194 e. The van der Waals surface area contributed by atoms with Crippen LogP contribution in [-0.2, 0) is 23.7 Å². The topological polar surface area (TPSA) is 66.4 Å². The molecule has 0 bridgehead atoms. The predicted molar refractivity (Wildman–Crippen MR) is 68.8 cm³/mol. The Morgan fingerprint density at radius 3 is 2.63 bits per heavy atom. The molecule has 0 aromatic heterocycles.